The van der Waals surface area contributed by atoms with Crippen molar-refractivity contribution in [2.24, 2.45) is 0 Å². The van der Waals surface area contributed by atoms with Gasteiger partial charge in [-0.15, -0.1) is 0 Å². The van der Waals surface area contributed by atoms with Crippen LogP contribution in [0.2, 0.25) is 5.02 Å². The lowest BCUT2D eigenvalue weighted by molar-refractivity contribution is -0.123. The molecule has 152 valence electrons. The van der Waals surface area contributed by atoms with E-state index < -0.39 is 0 Å². The van der Waals surface area contributed by atoms with Crippen LogP contribution in [0.5, 0.6) is 0 Å². The first kappa shape index (κ1) is 20.8. The predicted molar refractivity (Wildman–Crippen MR) is 129 cm³/mol. The Morgan fingerprint density at radius 3 is 2.53 bits per heavy atom. The van der Waals surface area contributed by atoms with Crippen LogP contribution in [0.25, 0.3) is 23.0 Å². The maximum absolute atomic E-state index is 13.0. The van der Waals surface area contributed by atoms with E-state index in [9.17, 15) is 4.79 Å². The Morgan fingerprint density at radius 2 is 1.87 bits per heavy atom. The van der Waals surface area contributed by atoms with Crippen LogP contribution in [0.1, 0.15) is 25.8 Å². The number of amides is 1. The molecule has 0 unspecified atom stereocenters. The van der Waals surface area contributed by atoms with Gasteiger partial charge in [-0.2, -0.15) is 5.10 Å². The summed E-state index contributed by atoms with van der Waals surface area (Å²) >= 11 is 12.9. The molecule has 1 amide bonds. The highest BCUT2D eigenvalue weighted by Crippen LogP contribution is 2.36. The molecule has 0 radical (unpaired) electrons. The van der Waals surface area contributed by atoms with Gasteiger partial charge in [-0.25, -0.2) is 4.68 Å². The minimum absolute atomic E-state index is 0.0473. The molecule has 1 saturated heterocycles. The smallest absolute Gasteiger partial charge is 0.266 e. The molecule has 4 nitrogen and oxygen atoms in total. The van der Waals surface area contributed by atoms with Crippen molar-refractivity contribution >= 4 is 51.9 Å². The Bertz CT molecular complexity index is 1120. The maximum Gasteiger partial charge on any atom is 0.266 e. The molecule has 7 heteroatoms. The molecule has 3 aromatic rings. The average molecular weight is 454 g/mol. The highest BCUT2D eigenvalue weighted by atomic mass is 35.5. The summed E-state index contributed by atoms with van der Waals surface area (Å²) in [4.78, 5) is 15.3. The van der Waals surface area contributed by atoms with E-state index in [2.05, 4.69) is 6.92 Å². The van der Waals surface area contributed by atoms with Crippen molar-refractivity contribution < 1.29 is 4.79 Å². The first-order valence-electron chi connectivity index (χ1n) is 9.66. The summed E-state index contributed by atoms with van der Waals surface area (Å²) < 4.78 is 2.43. The number of aromatic nitrogens is 2. The normalized spacial score (nSPS) is 16.5. The number of rotatable bonds is 5. The van der Waals surface area contributed by atoms with Gasteiger partial charge in [0.25, 0.3) is 5.91 Å². The first-order valence-corrected chi connectivity index (χ1v) is 11.3. The van der Waals surface area contributed by atoms with E-state index in [0.29, 0.717) is 14.2 Å². The zero-order valence-corrected chi connectivity index (χ0v) is 19.0. The van der Waals surface area contributed by atoms with Gasteiger partial charge < -0.3 is 0 Å². The molecular weight excluding hydrogens is 434 g/mol. The number of thioether (sulfide) groups is 1. The quantitative estimate of drug-likeness (QED) is 0.341. The lowest BCUT2D eigenvalue weighted by atomic mass is 10.1. The van der Waals surface area contributed by atoms with Crippen LogP contribution >= 0.6 is 35.6 Å². The van der Waals surface area contributed by atoms with Gasteiger partial charge in [-0.1, -0.05) is 72.8 Å². The Morgan fingerprint density at radius 1 is 1.17 bits per heavy atom. The highest BCUT2D eigenvalue weighted by Gasteiger charge is 2.35. The number of halogens is 1. The summed E-state index contributed by atoms with van der Waals surface area (Å²) in [5, 5.41) is 5.46. The second-order valence-electron chi connectivity index (χ2n) is 7.03. The summed E-state index contributed by atoms with van der Waals surface area (Å²) in [6.07, 6.45) is 4.68. The van der Waals surface area contributed by atoms with Crippen molar-refractivity contribution in [2.75, 3.05) is 0 Å². The predicted octanol–water partition coefficient (Wildman–Crippen LogP) is 6.19. The van der Waals surface area contributed by atoms with E-state index in [4.69, 9.17) is 28.9 Å². The highest BCUT2D eigenvalue weighted by molar-refractivity contribution is 8.26. The number of hydrogen-bond acceptors (Lipinski definition) is 4. The van der Waals surface area contributed by atoms with Crippen LogP contribution in [0.15, 0.2) is 65.7 Å². The van der Waals surface area contributed by atoms with Crippen LogP contribution in [-0.2, 0) is 4.79 Å². The summed E-state index contributed by atoms with van der Waals surface area (Å²) in [6.45, 7) is 4.07. The van der Waals surface area contributed by atoms with E-state index in [1.54, 1.807) is 4.90 Å². The van der Waals surface area contributed by atoms with E-state index in [1.165, 1.54) is 11.8 Å². The molecule has 30 heavy (non-hydrogen) atoms. The Balaban J connectivity index is 1.79. The number of hydrogen-bond donors (Lipinski definition) is 0. The second kappa shape index (κ2) is 8.76. The lowest BCUT2D eigenvalue weighted by Crippen LogP contribution is -2.36. The summed E-state index contributed by atoms with van der Waals surface area (Å²) in [6, 6.07) is 17.5. The van der Waals surface area contributed by atoms with E-state index in [0.717, 1.165) is 28.9 Å². The third-order valence-electron chi connectivity index (χ3n) is 5.02. The Hall–Kier alpha value is -2.41. The van der Waals surface area contributed by atoms with Gasteiger partial charge in [-0.05, 0) is 43.7 Å². The standard InChI is InChI=1S/C23H20ClN3OS2/c1-3-15(2)27-22(28)20(30-23(27)29)13-17-14-26(19-7-5-4-6-8-19)25-21(17)16-9-11-18(24)12-10-16/h4-15H,3H2,1-2H3/b20-13-/t15-/m1/s1. The zero-order valence-electron chi connectivity index (χ0n) is 16.6. The van der Waals surface area contributed by atoms with Crippen LogP contribution in [0.4, 0.5) is 0 Å². The molecular formula is C23H20ClN3OS2. The number of para-hydroxylation sites is 1. The molecule has 1 aliphatic rings. The zero-order chi connectivity index (χ0) is 21.3. The second-order valence-corrected chi connectivity index (χ2v) is 9.14. The molecule has 1 aliphatic heterocycles. The summed E-state index contributed by atoms with van der Waals surface area (Å²) in [5.74, 6) is -0.0473. The van der Waals surface area contributed by atoms with Crippen molar-refractivity contribution in [3.05, 3.63) is 76.3 Å². The average Bonchev–Trinajstić information content (AvgIpc) is 3.30. The number of thiocarbonyl (C=S) groups is 1. The fourth-order valence-electron chi connectivity index (χ4n) is 3.22. The van der Waals surface area contributed by atoms with Crippen LogP contribution < -0.4 is 0 Å². The number of benzene rings is 2. The number of carbonyl (C=O) groups excluding carboxylic acids is 1. The molecule has 0 bridgehead atoms. The number of nitrogens with zero attached hydrogens (tertiary/aromatic N) is 3. The van der Waals surface area contributed by atoms with E-state index in [-0.39, 0.29) is 11.9 Å². The maximum atomic E-state index is 13.0. The molecule has 0 saturated carbocycles. The lowest BCUT2D eigenvalue weighted by Gasteiger charge is -2.21. The topological polar surface area (TPSA) is 38.1 Å². The molecule has 2 aromatic carbocycles. The molecule has 2 heterocycles. The third kappa shape index (κ3) is 4.08. The van der Waals surface area contributed by atoms with Gasteiger partial charge in [0.05, 0.1) is 16.3 Å². The third-order valence-corrected chi connectivity index (χ3v) is 6.61. The molecule has 1 aromatic heterocycles. The van der Waals surface area contributed by atoms with Gasteiger partial charge in [0.2, 0.25) is 0 Å². The summed E-state index contributed by atoms with van der Waals surface area (Å²) in [5.41, 5.74) is 3.51. The molecule has 0 aliphatic carbocycles. The fraction of sp³-hybridized carbons (Fsp3) is 0.174. The van der Waals surface area contributed by atoms with Gasteiger partial charge >= 0.3 is 0 Å². The van der Waals surface area contributed by atoms with Gasteiger partial charge in [-0.3, -0.25) is 9.69 Å². The van der Waals surface area contributed by atoms with Crippen molar-refractivity contribution in [2.45, 2.75) is 26.3 Å². The van der Waals surface area contributed by atoms with Crippen molar-refractivity contribution in [1.29, 1.82) is 0 Å². The van der Waals surface area contributed by atoms with Crippen LogP contribution in [0, 0.1) is 0 Å². The molecule has 1 fully saturated rings. The minimum Gasteiger partial charge on any atom is -0.290 e. The van der Waals surface area contributed by atoms with Crippen molar-refractivity contribution in [3.63, 3.8) is 0 Å². The van der Waals surface area contributed by atoms with Crippen LogP contribution in [0.3, 0.4) is 0 Å². The molecule has 0 spiro atoms. The largest absolute Gasteiger partial charge is 0.290 e. The number of carbonyl (C=O) groups is 1. The van der Waals surface area contributed by atoms with Gasteiger partial charge in [0.1, 0.15) is 4.32 Å². The van der Waals surface area contributed by atoms with E-state index >= 15 is 0 Å². The van der Waals surface area contributed by atoms with Crippen molar-refractivity contribution in [1.82, 2.24) is 14.7 Å². The molecule has 4 rings (SSSR count). The van der Waals surface area contributed by atoms with Gasteiger partial charge in [0, 0.05) is 28.4 Å². The van der Waals surface area contributed by atoms with E-state index in [1.807, 2.05) is 78.5 Å². The fourth-order valence-corrected chi connectivity index (χ4v) is 4.80. The first-order chi connectivity index (χ1) is 14.5. The summed E-state index contributed by atoms with van der Waals surface area (Å²) in [7, 11) is 0. The Kier molecular flexibility index (Phi) is 6.09. The minimum atomic E-state index is -0.0473. The van der Waals surface area contributed by atoms with Crippen molar-refractivity contribution in [3.8, 4) is 16.9 Å². The molecule has 0 N–H and O–H groups in total. The van der Waals surface area contributed by atoms with Crippen LogP contribution in [-0.4, -0.2) is 30.9 Å². The van der Waals surface area contributed by atoms with Gasteiger partial charge in [0.15, 0.2) is 0 Å². The SMILES string of the molecule is CC[C@@H](C)N1C(=O)/C(=C/c2cn(-c3ccccc3)nc2-c2ccc(Cl)cc2)SC1=S. The Labute approximate surface area is 190 Å². The molecule has 1 atom stereocenters. The monoisotopic (exact) mass is 453 g/mol.